The molecule has 0 spiro atoms. The molecule has 0 aliphatic heterocycles. The Bertz CT molecular complexity index is 2300. The summed E-state index contributed by atoms with van der Waals surface area (Å²) >= 11 is 0. The quantitative estimate of drug-likeness (QED) is 0.238. The highest BCUT2D eigenvalue weighted by atomic mass is 16.3. The van der Waals surface area contributed by atoms with Gasteiger partial charge in [0.25, 0.3) is 0 Å². The van der Waals surface area contributed by atoms with E-state index in [0.717, 1.165) is 71.8 Å². The molecule has 4 nitrogen and oxygen atoms in total. The molecular weight excluding hydrogens is 490 g/mol. The number of aromatic nitrogens is 2. The van der Waals surface area contributed by atoms with E-state index in [0.29, 0.717) is 5.69 Å². The smallest absolute Gasteiger partial charge is 0.145 e. The number of anilines is 1. The molecule has 0 radical (unpaired) electrons. The summed E-state index contributed by atoms with van der Waals surface area (Å²) in [6.45, 7) is 1.99. The third-order valence-electron chi connectivity index (χ3n) is 7.86. The van der Waals surface area contributed by atoms with Gasteiger partial charge in [-0.3, -0.25) is 0 Å². The molecule has 0 fully saturated rings. The highest BCUT2D eigenvalue weighted by Gasteiger charge is 2.18. The van der Waals surface area contributed by atoms with Crippen LogP contribution in [0.25, 0.3) is 77.7 Å². The Kier molecular flexibility index (Phi) is 4.85. The van der Waals surface area contributed by atoms with E-state index < -0.39 is 0 Å². The lowest BCUT2D eigenvalue weighted by atomic mass is 10.1. The molecule has 0 saturated carbocycles. The SMILES string of the molecule is C/C=C\c1ccc2ccc(-c3cccc(-n4c5ccccc5c5c6oc7ccccc7c6ccc54)c3)nc2c1N. The number of hydrogen-bond donors (Lipinski definition) is 1. The lowest BCUT2D eigenvalue weighted by Crippen LogP contribution is -1.96. The van der Waals surface area contributed by atoms with Crippen molar-refractivity contribution in [2.24, 2.45) is 0 Å². The minimum absolute atomic E-state index is 0.700. The zero-order valence-corrected chi connectivity index (χ0v) is 21.9. The average Bonchev–Trinajstić information content (AvgIpc) is 3.54. The van der Waals surface area contributed by atoms with Gasteiger partial charge in [-0.15, -0.1) is 0 Å². The first kappa shape index (κ1) is 22.6. The van der Waals surface area contributed by atoms with Crippen molar-refractivity contribution in [2.75, 3.05) is 5.73 Å². The Balaban J connectivity index is 1.36. The van der Waals surface area contributed by atoms with Crippen molar-refractivity contribution >= 4 is 66.4 Å². The van der Waals surface area contributed by atoms with Crippen molar-refractivity contribution in [3.05, 3.63) is 121 Å². The number of benzene rings is 5. The Hall–Kier alpha value is -5.35. The van der Waals surface area contributed by atoms with Gasteiger partial charge in [0.2, 0.25) is 0 Å². The molecule has 190 valence electrons. The van der Waals surface area contributed by atoms with Gasteiger partial charge < -0.3 is 14.7 Å². The maximum absolute atomic E-state index is 6.53. The van der Waals surface area contributed by atoms with Crippen LogP contribution >= 0.6 is 0 Å². The van der Waals surface area contributed by atoms with E-state index in [9.17, 15) is 0 Å². The van der Waals surface area contributed by atoms with E-state index in [1.165, 1.54) is 5.39 Å². The summed E-state index contributed by atoms with van der Waals surface area (Å²) in [5, 5.41) is 5.60. The van der Waals surface area contributed by atoms with Gasteiger partial charge in [0.05, 0.1) is 33.3 Å². The van der Waals surface area contributed by atoms with Gasteiger partial charge in [-0.2, -0.15) is 0 Å². The summed E-state index contributed by atoms with van der Waals surface area (Å²) < 4.78 is 8.77. The molecule has 2 N–H and O–H groups in total. The second-order valence-corrected chi connectivity index (χ2v) is 10.2. The lowest BCUT2D eigenvalue weighted by molar-refractivity contribution is 0.673. The number of fused-ring (bicyclic) bond motifs is 8. The highest BCUT2D eigenvalue weighted by Crippen LogP contribution is 2.40. The van der Waals surface area contributed by atoms with E-state index in [-0.39, 0.29) is 0 Å². The van der Waals surface area contributed by atoms with Crippen molar-refractivity contribution in [3.8, 4) is 16.9 Å². The monoisotopic (exact) mass is 515 g/mol. The number of nitrogens with zero attached hydrogens (tertiary/aromatic N) is 2. The van der Waals surface area contributed by atoms with Crippen LogP contribution in [0.1, 0.15) is 12.5 Å². The zero-order valence-electron chi connectivity index (χ0n) is 21.9. The van der Waals surface area contributed by atoms with Crippen molar-refractivity contribution < 1.29 is 4.42 Å². The van der Waals surface area contributed by atoms with Crippen LogP contribution in [0.3, 0.4) is 0 Å². The van der Waals surface area contributed by atoms with E-state index in [4.69, 9.17) is 15.1 Å². The fourth-order valence-electron chi connectivity index (χ4n) is 6.03. The molecule has 3 heterocycles. The van der Waals surface area contributed by atoms with Crippen LogP contribution in [0.2, 0.25) is 0 Å². The molecule has 8 aromatic rings. The Morgan fingerprint density at radius 2 is 1.57 bits per heavy atom. The van der Waals surface area contributed by atoms with Crippen LogP contribution in [-0.2, 0) is 0 Å². The normalized spacial score (nSPS) is 12.1. The number of rotatable bonds is 3. The standard InChI is InChI=1S/C36H25N3O/c1-2-8-22-15-16-23-17-19-29(38-35(23)34(22)37)24-9-7-10-25(21-24)39-30-13-5-3-12-28(30)33-31(39)20-18-27-26-11-4-6-14-32(26)40-36(27)33/h2-21H,37H2,1H3/b8-2-. The van der Waals surface area contributed by atoms with E-state index >= 15 is 0 Å². The summed E-state index contributed by atoms with van der Waals surface area (Å²) in [4.78, 5) is 5.02. The second-order valence-electron chi connectivity index (χ2n) is 10.2. The number of nitrogens with two attached hydrogens (primary N) is 1. The molecule has 0 amide bonds. The van der Waals surface area contributed by atoms with Gasteiger partial charge in [0.15, 0.2) is 0 Å². The molecule has 40 heavy (non-hydrogen) atoms. The fraction of sp³-hybridized carbons (Fsp3) is 0.0278. The van der Waals surface area contributed by atoms with Crippen molar-refractivity contribution in [2.45, 2.75) is 6.92 Å². The third kappa shape index (κ3) is 3.23. The number of hydrogen-bond acceptors (Lipinski definition) is 3. The van der Waals surface area contributed by atoms with Crippen molar-refractivity contribution in [1.82, 2.24) is 9.55 Å². The van der Waals surface area contributed by atoms with Crippen LogP contribution in [0.5, 0.6) is 0 Å². The van der Waals surface area contributed by atoms with E-state index in [1.807, 2.05) is 37.3 Å². The van der Waals surface area contributed by atoms with Gasteiger partial charge in [-0.1, -0.05) is 78.9 Å². The Morgan fingerprint density at radius 1 is 0.750 bits per heavy atom. The number of para-hydroxylation sites is 2. The molecule has 0 aliphatic carbocycles. The predicted molar refractivity (Wildman–Crippen MR) is 168 cm³/mol. The molecule has 5 aromatic carbocycles. The number of allylic oxidation sites excluding steroid dienone is 1. The lowest BCUT2D eigenvalue weighted by Gasteiger charge is -2.11. The number of pyridine rings is 1. The van der Waals surface area contributed by atoms with Crippen LogP contribution in [0, 0.1) is 0 Å². The highest BCUT2D eigenvalue weighted by molar-refractivity contribution is 6.23. The molecular formula is C36H25N3O. The zero-order chi connectivity index (χ0) is 26.8. The molecule has 4 heteroatoms. The third-order valence-corrected chi connectivity index (χ3v) is 7.86. The first-order chi connectivity index (χ1) is 19.7. The first-order valence-electron chi connectivity index (χ1n) is 13.5. The number of nitrogen functional groups attached to an aromatic ring is 1. The van der Waals surface area contributed by atoms with Crippen LogP contribution in [0.15, 0.2) is 120 Å². The Labute approximate surface area is 230 Å². The van der Waals surface area contributed by atoms with Gasteiger partial charge in [0.1, 0.15) is 11.2 Å². The van der Waals surface area contributed by atoms with Gasteiger partial charge >= 0.3 is 0 Å². The minimum Gasteiger partial charge on any atom is -0.455 e. The first-order valence-corrected chi connectivity index (χ1v) is 13.5. The van der Waals surface area contributed by atoms with Crippen LogP contribution < -0.4 is 5.73 Å². The molecule has 0 saturated heterocycles. The fourth-order valence-corrected chi connectivity index (χ4v) is 6.03. The maximum atomic E-state index is 6.53. The van der Waals surface area contributed by atoms with Crippen molar-refractivity contribution in [3.63, 3.8) is 0 Å². The van der Waals surface area contributed by atoms with Crippen LogP contribution in [0.4, 0.5) is 5.69 Å². The molecule has 0 aliphatic rings. The summed E-state index contributed by atoms with van der Waals surface area (Å²) in [6.07, 6.45) is 4.01. The molecule has 0 atom stereocenters. The molecule has 8 rings (SSSR count). The van der Waals surface area contributed by atoms with Gasteiger partial charge in [0, 0.05) is 32.8 Å². The average molecular weight is 516 g/mol. The van der Waals surface area contributed by atoms with Crippen molar-refractivity contribution in [1.29, 1.82) is 0 Å². The molecule has 3 aromatic heterocycles. The number of furan rings is 1. The van der Waals surface area contributed by atoms with Gasteiger partial charge in [-0.25, -0.2) is 4.98 Å². The predicted octanol–water partition coefficient (Wildman–Crippen LogP) is 9.51. The largest absolute Gasteiger partial charge is 0.455 e. The summed E-state index contributed by atoms with van der Waals surface area (Å²) in [5.74, 6) is 0. The van der Waals surface area contributed by atoms with Gasteiger partial charge in [-0.05, 0) is 55.0 Å². The topological polar surface area (TPSA) is 57.0 Å². The minimum atomic E-state index is 0.700. The second kappa shape index (κ2) is 8.58. The summed E-state index contributed by atoms with van der Waals surface area (Å²) in [5.41, 5.74) is 16.1. The molecule has 0 unspecified atom stereocenters. The summed E-state index contributed by atoms with van der Waals surface area (Å²) in [7, 11) is 0. The van der Waals surface area contributed by atoms with E-state index in [1.54, 1.807) is 0 Å². The van der Waals surface area contributed by atoms with Crippen LogP contribution in [-0.4, -0.2) is 9.55 Å². The maximum Gasteiger partial charge on any atom is 0.145 e. The van der Waals surface area contributed by atoms with E-state index in [2.05, 4.69) is 95.6 Å². The Morgan fingerprint density at radius 3 is 2.48 bits per heavy atom. The summed E-state index contributed by atoms with van der Waals surface area (Å²) in [6, 6.07) is 38.0. The molecule has 0 bridgehead atoms.